The second-order valence-corrected chi connectivity index (χ2v) is 12.4. The largest absolute Gasteiger partial charge is 0.497 e. The molecule has 216 valence electrons. The molecule has 0 aliphatic heterocycles. The number of aliphatic hydroxyl groups excluding tert-OH is 1. The molecule has 0 heterocycles. The van der Waals surface area contributed by atoms with Crippen LogP contribution in [0.4, 0.5) is 5.69 Å². The van der Waals surface area contributed by atoms with E-state index in [0.29, 0.717) is 12.2 Å². The maximum absolute atomic E-state index is 13.4. The lowest BCUT2D eigenvalue weighted by Gasteiger charge is -2.28. The number of carbonyl (C=O) groups is 1. The Morgan fingerprint density at radius 1 is 0.925 bits per heavy atom. The minimum absolute atomic E-state index is 0.0274. The summed E-state index contributed by atoms with van der Waals surface area (Å²) in [5.74, 6) is 0.0203. The van der Waals surface area contributed by atoms with Crippen molar-refractivity contribution in [2.75, 3.05) is 25.5 Å². The molecular weight excluding hydrogens is 526 g/mol. The third-order valence-corrected chi connectivity index (χ3v) is 9.18. The number of amides is 1. The summed E-state index contributed by atoms with van der Waals surface area (Å²) >= 11 is 0. The van der Waals surface area contributed by atoms with Gasteiger partial charge in [-0.2, -0.15) is 0 Å². The van der Waals surface area contributed by atoms with Crippen molar-refractivity contribution in [1.82, 2.24) is 10.6 Å². The highest BCUT2D eigenvalue weighted by Gasteiger charge is 2.32. The SMILES string of the molecule is COc1ccc(S(=O)(=O)C(NC[C@@H](O)[C@H](Cc2ccccc2)NC(=O)CNc2c(C)cccc2C)C(C)C)cc1. The molecule has 8 nitrogen and oxygen atoms in total. The summed E-state index contributed by atoms with van der Waals surface area (Å²) in [7, 11) is -2.23. The molecule has 0 aliphatic carbocycles. The van der Waals surface area contributed by atoms with Gasteiger partial charge in [-0.25, -0.2) is 8.42 Å². The topological polar surface area (TPSA) is 117 Å². The number of hydrogen-bond donors (Lipinski definition) is 4. The Kier molecular flexibility index (Phi) is 11.1. The fourth-order valence-corrected chi connectivity index (χ4v) is 6.51. The van der Waals surface area contributed by atoms with Crippen LogP contribution in [0.2, 0.25) is 0 Å². The van der Waals surface area contributed by atoms with Crippen LogP contribution >= 0.6 is 0 Å². The van der Waals surface area contributed by atoms with Crippen molar-refractivity contribution in [2.45, 2.75) is 56.5 Å². The number of rotatable bonds is 14. The van der Waals surface area contributed by atoms with Gasteiger partial charge in [0.05, 0.1) is 30.7 Å². The molecule has 1 amide bonds. The molecule has 3 aromatic carbocycles. The molecule has 0 aromatic heterocycles. The van der Waals surface area contributed by atoms with Crippen LogP contribution in [0.3, 0.4) is 0 Å². The van der Waals surface area contributed by atoms with Crippen LogP contribution in [0.15, 0.2) is 77.7 Å². The Balaban J connectivity index is 1.72. The van der Waals surface area contributed by atoms with E-state index in [0.717, 1.165) is 22.4 Å². The molecule has 0 saturated carbocycles. The van der Waals surface area contributed by atoms with Crippen molar-refractivity contribution in [3.63, 3.8) is 0 Å². The van der Waals surface area contributed by atoms with Gasteiger partial charge in [-0.1, -0.05) is 62.4 Å². The Bertz CT molecular complexity index is 1320. The van der Waals surface area contributed by atoms with E-state index in [9.17, 15) is 18.3 Å². The van der Waals surface area contributed by atoms with Crippen LogP contribution in [-0.4, -0.2) is 57.2 Å². The van der Waals surface area contributed by atoms with Gasteiger partial charge in [-0.3, -0.25) is 10.1 Å². The molecule has 1 unspecified atom stereocenters. The first kappa shape index (κ1) is 31.1. The summed E-state index contributed by atoms with van der Waals surface area (Å²) < 4.78 is 32.0. The zero-order valence-electron chi connectivity index (χ0n) is 23.8. The summed E-state index contributed by atoms with van der Waals surface area (Å²) in [4.78, 5) is 13.1. The standard InChI is InChI=1S/C31H41N3O5S/c1-21(2)31(40(37,38)26-16-14-25(39-5)15-17-26)33-19-28(35)27(18-24-12-7-6-8-13-24)34-29(36)20-32-30-22(3)10-9-11-23(30)4/h6-17,21,27-28,31-33,35H,18-20H2,1-5H3,(H,34,36)/t27-,28+,31?/m0/s1. The number of hydrogen-bond acceptors (Lipinski definition) is 7. The average Bonchev–Trinajstić information content (AvgIpc) is 2.92. The summed E-state index contributed by atoms with van der Waals surface area (Å²) in [5.41, 5.74) is 3.93. The fourth-order valence-electron chi connectivity index (χ4n) is 4.67. The molecule has 0 radical (unpaired) electrons. The summed E-state index contributed by atoms with van der Waals surface area (Å²) in [6.45, 7) is 7.59. The Morgan fingerprint density at radius 3 is 2.12 bits per heavy atom. The van der Waals surface area contributed by atoms with E-state index < -0.39 is 27.4 Å². The highest BCUT2D eigenvalue weighted by Crippen LogP contribution is 2.23. The number of para-hydroxylation sites is 1. The zero-order chi connectivity index (χ0) is 29.3. The Morgan fingerprint density at radius 2 is 1.55 bits per heavy atom. The Hall–Kier alpha value is -3.40. The zero-order valence-corrected chi connectivity index (χ0v) is 24.7. The summed E-state index contributed by atoms with van der Waals surface area (Å²) in [6.07, 6.45) is -0.659. The van der Waals surface area contributed by atoms with Crippen LogP contribution in [-0.2, 0) is 21.1 Å². The van der Waals surface area contributed by atoms with Crippen molar-refractivity contribution in [3.05, 3.63) is 89.5 Å². The van der Waals surface area contributed by atoms with Gasteiger partial charge < -0.3 is 20.5 Å². The van der Waals surface area contributed by atoms with E-state index >= 15 is 0 Å². The second kappa shape index (κ2) is 14.3. The number of sulfone groups is 1. The van der Waals surface area contributed by atoms with Crippen molar-refractivity contribution >= 4 is 21.4 Å². The molecule has 0 saturated heterocycles. The lowest BCUT2D eigenvalue weighted by molar-refractivity contribution is -0.120. The van der Waals surface area contributed by atoms with Crippen LogP contribution in [0.25, 0.3) is 0 Å². The van der Waals surface area contributed by atoms with E-state index in [1.165, 1.54) is 19.2 Å². The fraction of sp³-hybridized carbons (Fsp3) is 0.387. The van der Waals surface area contributed by atoms with Crippen molar-refractivity contribution in [1.29, 1.82) is 0 Å². The van der Waals surface area contributed by atoms with E-state index in [-0.39, 0.29) is 29.8 Å². The number of methoxy groups -OCH3 is 1. The van der Waals surface area contributed by atoms with E-state index in [2.05, 4.69) is 16.0 Å². The normalized spacial score (nSPS) is 13.9. The molecule has 0 aliphatic rings. The van der Waals surface area contributed by atoms with E-state index in [1.807, 2.05) is 76.2 Å². The molecule has 0 fully saturated rings. The van der Waals surface area contributed by atoms with Gasteiger partial charge in [0, 0.05) is 12.2 Å². The molecule has 0 bridgehead atoms. The molecule has 3 atom stereocenters. The summed E-state index contributed by atoms with van der Waals surface area (Å²) in [5, 5.41) is 19.5. The number of carbonyl (C=O) groups excluding carboxylic acids is 1. The predicted octanol–water partition coefficient (Wildman–Crippen LogP) is 3.86. The number of benzene rings is 3. The maximum Gasteiger partial charge on any atom is 0.239 e. The Labute approximate surface area is 238 Å². The first-order valence-electron chi connectivity index (χ1n) is 13.5. The molecule has 40 heavy (non-hydrogen) atoms. The van der Waals surface area contributed by atoms with Gasteiger partial charge in [0.15, 0.2) is 9.84 Å². The van der Waals surface area contributed by atoms with Crippen LogP contribution in [0.1, 0.15) is 30.5 Å². The third kappa shape index (κ3) is 8.30. The van der Waals surface area contributed by atoms with Gasteiger partial charge in [-0.05, 0) is 67.1 Å². The van der Waals surface area contributed by atoms with Crippen molar-refractivity contribution in [2.24, 2.45) is 5.92 Å². The van der Waals surface area contributed by atoms with E-state index in [4.69, 9.17) is 4.74 Å². The minimum atomic E-state index is -3.75. The number of aryl methyl sites for hydroxylation is 2. The number of nitrogens with one attached hydrogen (secondary N) is 3. The number of anilines is 1. The van der Waals surface area contributed by atoms with Gasteiger partial charge in [0.2, 0.25) is 5.91 Å². The third-order valence-electron chi connectivity index (χ3n) is 6.87. The molecule has 3 aromatic rings. The molecule has 0 spiro atoms. The second-order valence-electron chi connectivity index (χ2n) is 10.3. The number of ether oxygens (including phenoxy) is 1. The smallest absolute Gasteiger partial charge is 0.239 e. The number of aliphatic hydroxyl groups is 1. The predicted molar refractivity (Wildman–Crippen MR) is 159 cm³/mol. The molecule has 4 N–H and O–H groups in total. The van der Waals surface area contributed by atoms with Gasteiger partial charge >= 0.3 is 0 Å². The molecule has 3 rings (SSSR count). The van der Waals surface area contributed by atoms with Gasteiger partial charge in [-0.15, -0.1) is 0 Å². The first-order chi connectivity index (χ1) is 19.0. The van der Waals surface area contributed by atoms with Gasteiger partial charge in [0.25, 0.3) is 0 Å². The van der Waals surface area contributed by atoms with Crippen LogP contribution < -0.4 is 20.7 Å². The highest BCUT2D eigenvalue weighted by atomic mass is 32.2. The average molecular weight is 568 g/mol. The lowest BCUT2D eigenvalue weighted by Crippen LogP contribution is -2.52. The molecule has 9 heteroatoms. The first-order valence-corrected chi connectivity index (χ1v) is 15.0. The van der Waals surface area contributed by atoms with E-state index in [1.54, 1.807) is 12.1 Å². The van der Waals surface area contributed by atoms with Gasteiger partial charge in [0.1, 0.15) is 11.1 Å². The van der Waals surface area contributed by atoms with Crippen molar-refractivity contribution in [3.8, 4) is 5.75 Å². The van der Waals surface area contributed by atoms with Crippen LogP contribution in [0, 0.1) is 19.8 Å². The van der Waals surface area contributed by atoms with Crippen LogP contribution in [0.5, 0.6) is 5.75 Å². The lowest BCUT2D eigenvalue weighted by atomic mass is 10.0. The summed E-state index contributed by atoms with van der Waals surface area (Å²) in [6, 6.07) is 21.1. The molecular formula is C31H41N3O5S. The highest BCUT2D eigenvalue weighted by molar-refractivity contribution is 7.92. The minimum Gasteiger partial charge on any atom is -0.497 e. The van der Waals surface area contributed by atoms with Crippen molar-refractivity contribution < 1.29 is 23.1 Å². The quantitative estimate of drug-likeness (QED) is 0.234. The monoisotopic (exact) mass is 567 g/mol. The maximum atomic E-state index is 13.4.